The van der Waals surface area contributed by atoms with Gasteiger partial charge in [0.1, 0.15) is 0 Å². The molecule has 2 heterocycles. The quantitative estimate of drug-likeness (QED) is 0.744. The highest BCUT2D eigenvalue weighted by atomic mass is 16.2. The summed E-state index contributed by atoms with van der Waals surface area (Å²) in [7, 11) is 0. The van der Waals surface area contributed by atoms with Gasteiger partial charge in [-0.3, -0.25) is 4.79 Å². The van der Waals surface area contributed by atoms with Crippen LogP contribution in [0.25, 0.3) is 10.9 Å². The van der Waals surface area contributed by atoms with Gasteiger partial charge in [-0.15, -0.1) is 0 Å². The van der Waals surface area contributed by atoms with Crippen LogP contribution in [0, 0.1) is 0 Å². The summed E-state index contributed by atoms with van der Waals surface area (Å²) in [6.45, 7) is 4.97. The summed E-state index contributed by atoms with van der Waals surface area (Å²) in [5.41, 5.74) is 3.67. The number of aromatic nitrogens is 1. The molecule has 1 amide bonds. The van der Waals surface area contributed by atoms with E-state index in [0.717, 1.165) is 24.2 Å². The number of aromatic amines is 1. The Labute approximate surface area is 99.7 Å². The zero-order valence-electron chi connectivity index (χ0n) is 9.57. The smallest absolute Gasteiger partial charge is 0.246 e. The fourth-order valence-corrected chi connectivity index (χ4v) is 2.51. The molecule has 1 aliphatic heterocycles. The summed E-state index contributed by atoms with van der Waals surface area (Å²) < 4.78 is 0. The summed E-state index contributed by atoms with van der Waals surface area (Å²) in [6, 6.07) is 8.29. The van der Waals surface area contributed by atoms with Crippen molar-refractivity contribution in [1.29, 1.82) is 0 Å². The van der Waals surface area contributed by atoms with Gasteiger partial charge >= 0.3 is 0 Å². The van der Waals surface area contributed by atoms with Crippen LogP contribution < -0.4 is 0 Å². The van der Waals surface area contributed by atoms with E-state index in [4.69, 9.17) is 0 Å². The number of amides is 1. The fraction of sp³-hybridized carbons (Fsp3) is 0.214. The molecule has 86 valence electrons. The zero-order chi connectivity index (χ0) is 11.8. The first-order valence-electron chi connectivity index (χ1n) is 5.79. The minimum Gasteiger partial charge on any atom is -0.357 e. The average molecular weight is 226 g/mol. The summed E-state index contributed by atoms with van der Waals surface area (Å²) in [4.78, 5) is 16.8. The van der Waals surface area contributed by atoms with Crippen LogP contribution in [0.3, 0.4) is 0 Å². The van der Waals surface area contributed by atoms with E-state index in [-0.39, 0.29) is 5.91 Å². The number of benzene rings is 1. The lowest BCUT2D eigenvalue weighted by Gasteiger charge is -2.25. The lowest BCUT2D eigenvalue weighted by atomic mass is 10.0. The van der Waals surface area contributed by atoms with Gasteiger partial charge in [-0.1, -0.05) is 24.8 Å². The lowest BCUT2D eigenvalue weighted by molar-refractivity contribution is -0.126. The van der Waals surface area contributed by atoms with Gasteiger partial charge in [-0.25, -0.2) is 0 Å². The Balaban J connectivity index is 2.03. The van der Waals surface area contributed by atoms with E-state index in [1.807, 2.05) is 11.0 Å². The highest BCUT2D eigenvalue weighted by molar-refractivity contribution is 5.88. The van der Waals surface area contributed by atoms with Gasteiger partial charge in [0.25, 0.3) is 0 Å². The molecule has 1 N–H and O–H groups in total. The highest BCUT2D eigenvalue weighted by Gasteiger charge is 2.22. The first-order chi connectivity index (χ1) is 8.29. The van der Waals surface area contributed by atoms with E-state index in [2.05, 4.69) is 29.8 Å². The van der Waals surface area contributed by atoms with Crippen LogP contribution in [0.2, 0.25) is 0 Å². The molecule has 1 aromatic heterocycles. The molecule has 3 heteroatoms. The number of nitrogens with zero attached hydrogens (tertiary/aromatic N) is 1. The monoisotopic (exact) mass is 226 g/mol. The molecule has 0 unspecified atom stereocenters. The van der Waals surface area contributed by atoms with Crippen molar-refractivity contribution in [3.63, 3.8) is 0 Å². The summed E-state index contributed by atoms with van der Waals surface area (Å²) >= 11 is 0. The molecule has 0 saturated heterocycles. The Morgan fingerprint density at radius 2 is 2.24 bits per heavy atom. The largest absolute Gasteiger partial charge is 0.357 e. The highest BCUT2D eigenvalue weighted by Crippen LogP contribution is 2.27. The molecule has 2 aromatic rings. The molecule has 1 aromatic carbocycles. The van der Waals surface area contributed by atoms with E-state index in [1.54, 1.807) is 0 Å². The van der Waals surface area contributed by atoms with Crippen LogP contribution >= 0.6 is 0 Å². The van der Waals surface area contributed by atoms with Crippen LogP contribution in [-0.4, -0.2) is 22.3 Å². The van der Waals surface area contributed by atoms with Gasteiger partial charge in [-0.05, 0) is 24.1 Å². The number of nitrogens with one attached hydrogen (secondary N) is 1. The maximum absolute atomic E-state index is 11.6. The lowest BCUT2D eigenvalue weighted by Crippen LogP contribution is -2.34. The van der Waals surface area contributed by atoms with E-state index in [1.165, 1.54) is 17.0 Å². The molecule has 0 spiro atoms. The van der Waals surface area contributed by atoms with Crippen LogP contribution in [0.4, 0.5) is 0 Å². The second kappa shape index (κ2) is 3.77. The first-order valence-corrected chi connectivity index (χ1v) is 5.79. The van der Waals surface area contributed by atoms with Crippen molar-refractivity contribution >= 4 is 16.8 Å². The minimum absolute atomic E-state index is 0.00862. The third kappa shape index (κ3) is 1.55. The number of carbonyl (C=O) groups is 1. The van der Waals surface area contributed by atoms with Crippen LogP contribution in [-0.2, 0) is 17.8 Å². The van der Waals surface area contributed by atoms with Crippen molar-refractivity contribution in [3.8, 4) is 0 Å². The number of para-hydroxylation sites is 1. The molecule has 17 heavy (non-hydrogen) atoms. The predicted molar refractivity (Wildman–Crippen MR) is 67.6 cm³/mol. The second-order valence-electron chi connectivity index (χ2n) is 4.34. The Morgan fingerprint density at radius 3 is 3.06 bits per heavy atom. The van der Waals surface area contributed by atoms with Gasteiger partial charge in [0, 0.05) is 23.1 Å². The molecule has 0 aliphatic carbocycles. The van der Waals surface area contributed by atoms with Gasteiger partial charge < -0.3 is 9.88 Å². The first kappa shape index (κ1) is 10.1. The third-order valence-electron chi connectivity index (χ3n) is 3.37. The molecule has 3 rings (SSSR count). The Hall–Kier alpha value is -2.03. The topological polar surface area (TPSA) is 36.1 Å². The van der Waals surface area contributed by atoms with Crippen molar-refractivity contribution in [2.75, 3.05) is 6.54 Å². The second-order valence-corrected chi connectivity index (χ2v) is 4.34. The Bertz CT molecular complexity index is 597. The summed E-state index contributed by atoms with van der Waals surface area (Å²) in [5.74, 6) is 0.00862. The number of fused-ring (bicyclic) bond motifs is 3. The van der Waals surface area contributed by atoms with Crippen LogP contribution in [0.5, 0.6) is 0 Å². The molecular weight excluding hydrogens is 212 g/mol. The van der Waals surface area contributed by atoms with Crippen molar-refractivity contribution in [2.45, 2.75) is 13.0 Å². The van der Waals surface area contributed by atoms with Crippen molar-refractivity contribution in [3.05, 3.63) is 48.2 Å². The van der Waals surface area contributed by atoms with Crippen molar-refractivity contribution in [2.24, 2.45) is 0 Å². The van der Waals surface area contributed by atoms with Crippen LogP contribution in [0.15, 0.2) is 36.9 Å². The summed E-state index contributed by atoms with van der Waals surface area (Å²) in [6.07, 6.45) is 2.30. The molecule has 0 fully saturated rings. The van der Waals surface area contributed by atoms with E-state index >= 15 is 0 Å². The minimum atomic E-state index is 0.00862. The van der Waals surface area contributed by atoms with Gasteiger partial charge in [0.05, 0.1) is 6.54 Å². The maximum atomic E-state index is 11.6. The number of carbonyl (C=O) groups excluding carboxylic acids is 1. The number of hydrogen-bond donors (Lipinski definition) is 1. The van der Waals surface area contributed by atoms with E-state index in [9.17, 15) is 4.79 Å². The number of hydrogen-bond acceptors (Lipinski definition) is 1. The molecule has 3 nitrogen and oxygen atoms in total. The zero-order valence-corrected chi connectivity index (χ0v) is 9.57. The van der Waals surface area contributed by atoms with Crippen LogP contribution in [0.1, 0.15) is 11.3 Å². The van der Waals surface area contributed by atoms with Crippen molar-refractivity contribution in [1.82, 2.24) is 9.88 Å². The fourth-order valence-electron chi connectivity index (χ4n) is 2.51. The van der Waals surface area contributed by atoms with E-state index in [0.29, 0.717) is 6.54 Å². The maximum Gasteiger partial charge on any atom is 0.246 e. The third-order valence-corrected chi connectivity index (χ3v) is 3.37. The Morgan fingerprint density at radius 1 is 1.41 bits per heavy atom. The summed E-state index contributed by atoms with van der Waals surface area (Å²) in [5, 5.41) is 1.29. The predicted octanol–water partition coefficient (Wildman–Crippen LogP) is 2.24. The van der Waals surface area contributed by atoms with Gasteiger partial charge in [-0.2, -0.15) is 0 Å². The molecular formula is C14H14N2O. The number of H-pyrrole nitrogens is 1. The van der Waals surface area contributed by atoms with E-state index < -0.39 is 0 Å². The standard InChI is InChI=1S/C14H14N2O/c1-2-14(17)16-8-7-11-10-5-3-4-6-12(10)15-13(11)9-16/h2-6,15H,1,7-9H2. The molecule has 0 atom stereocenters. The molecule has 0 bridgehead atoms. The molecule has 0 radical (unpaired) electrons. The SMILES string of the molecule is C=CC(=O)N1CCc2c([nH]c3ccccc23)C1. The Kier molecular flexibility index (Phi) is 2.25. The van der Waals surface area contributed by atoms with Gasteiger partial charge in [0.15, 0.2) is 0 Å². The van der Waals surface area contributed by atoms with Crippen molar-refractivity contribution < 1.29 is 4.79 Å². The number of rotatable bonds is 1. The van der Waals surface area contributed by atoms with Gasteiger partial charge in [0.2, 0.25) is 5.91 Å². The normalized spacial score (nSPS) is 14.7. The average Bonchev–Trinajstić information content (AvgIpc) is 2.75. The molecule has 1 aliphatic rings. The molecule has 0 saturated carbocycles.